The van der Waals surface area contributed by atoms with Crippen LogP contribution in [0.3, 0.4) is 0 Å². The molecule has 0 unspecified atom stereocenters. The molecular formula is C11H13ClO3. The molecule has 82 valence electrons. The molecule has 0 radical (unpaired) electrons. The van der Waals surface area contributed by atoms with Gasteiger partial charge in [-0.15, -0.1) is 0 Å². The Morgan fingerprint density at radius 1 is 1.40 bits per heavy atom. The van der Waals surface area contributed by atoms with Crippen molar-refractivity contribution in [1.29, 1.82) is 0 Å². The minimum atomic E-state index is 0.0152. The van der Waals surface area contributed by atoms with Crippen LogP contribution in [0, 0.1) is 0 Å². The topological polar surface area (TPSA) is 35.5 Å². The highest BCUT2D eigenvalue weighted by molar-refractivity contribution is 6.32. The Labute approximate surface area is 93.9 Å². The molecule has 1 aromatic carbocycles. The number of ether oxygens (including phenoxy) is 2. The van der Waals surface area contributed by atoms with Gasteiger partial charge in [0.05, 0.1) is 18.7 Å². The molecule has 0 aliphatic heterocycles. The average molecular weight is 229 g/mol. The van der Waals surface area contributed by atoms with Gasteiger partial charge in [-0.3, -0.25) is 4.79 Å². The van der Waals surface area contributed by atoms with Crippen LogP contribution in [0.25, 0.3) is 0 Å². The van der Waals surface area contributed by atoms with E-state index in [-0.39, 0.29) is 5.78 Å². The van der Waals surface area contributed by atoms with E-state index in [1.54, 1.807) is 25.3 Å². The second-order valence-corrected chi connectivity index (χ2v) is 3.42. The number of rotatable bonds is 5. The number of methoxy groups -OCH3 is 2. The van der Waals surface area contributed by atoms with E-state index >= 15 is 0 Å². The van der Waals surface area contributed by atoms with Crippen LogP contribution in [0.2, 0.25) is 5.02 Å². The minimum Gasteiger partial charge on any atom is -0.495 e. The van der Waals surface area contributed by atoms with E-state index in [1.807, 2.05) is 0 Å². The molecule has 0 aliphatic carbocycles. The van der Waals surface area contributed by atoms with Crippen molar-refractivity contribution in [3.8, 4) is 5.75 Å². The van der Waals surface area contributed by atoms with Gasteiger partial charge in [0.25, 0.3) is 0 Å². The van der Waals surface area contributed by atoms with Gasteiger partial charge in [-0.1, -0.05) is 11.6 Å². The monoisotopic (exact) mass is 228 g/mol. The average Bonchev–Trinajstić information content (AvgIpc) is 2.25. The van der Waals surface area contributed by atoms with Crippen molar-refractivity contribution in [3.63, 3.8) is 0 Å². The first-order chi connectivity index (χ1) is 7.19. The highest BCUT2D eigenvalue weighted by atomic mass is 35.5. The molecule has 4 heteroatoms. The normalized spacial score (nSPS) is 10.1. The lowest BCUT2D eigenvalue weighted by Gasteiger charge is -2.05. The summed E-state index contributed by atoms with van der Waals surface area (Å²) in [6.07, 6.45) is 0.360. The second kappa shape index (κ2) is 5.73. The molecule has 0 saturated heterocycles. The molecule has 0 bridgehead atoms. The summed E-state index contributed by atoms with van der Waals surface area (Å²) in [7, 11) is 3.10. The zero-order valence-corrected chi connectivity index (χ0v) is 9.50. The van der Waals surface area contributed by atoms with Gasteiger partial charge in [0, 0.05) is 19.1 Å². The molecule has 0 aliphatic rings. The van der Waals surface area contributed by atoms with Gasteiger partial charge >= 0.3 is 0 Å². The van der Waals surface area contributed by atoms with Gasteiger partial charge in [0.1, 0.15) is 5.75 Å². The molecule has 0 atom stereocenters. The number of benzene rings is 1. The van der Waals surface area contributed by atoms with Crippen molar-refractivity contribution >= 4 is 17.4 Å². The number of halogens is 1. The molecule has 3 nitrogen and oxygen atoms in total. The zero-order chi connectivity index (χ0) is 11.3. The van der Waals surface area contributed by atoms with Crippen molar-refractivity contribution in [1.82, 2.24) is 0 Å². The van der Waals surface area contributed by atoms with E-state index in [2.05, 4.69) is 0 Å². The molecule has 1 aromatic rings. The van der Waals surface area contributed by atoms with E-state index in [4.69, 9.17) is 21.1 Å². The number of hydrogen-bond donors (Lipinski definition) is 0. The molecule has 0 fully saturated rings. The number of hydrogen-bond acceptors (Lipinski definition) is 3. The quantitative estimate of drug-likeness (QED) is 0.727. The zero-order valence-electron chi connectivity index (χ0n) is 8.75. The van der Waals surface area contributed by atoms with E-state index in [0.717, 1.165) is 0 Å². The summed E-state index contributed by atoms with van der Waals surface area (Å²) in [5, 5.41) is 0.445. The lowest BCUT2D eigenvalue weighted by atomic mass is 10.1. The van der Waals surface area contributed by atoms with Gasteiger partial charge in [-0.25, -0.2) is 0 Å². The fourth-order valence-electron chi connectivity index (χ4n) is 1.18. The van der Waals surface area contributed by atoms with Crippen molar-refractivity contribution in [2.45, 2.75) is 6.42 Å². The predicted molar refractivity (Wildman–Crippen MR) is 58.8 cm³/mol. The Kier molecular flexibility index (Phi) is 4.59. The van der Waals surface area contributed by atoms with E-state index in [9.17, 15) is 4.79 Å². The van der Waals surface area contributed by atoms with Crippen LogP contribution >= 0.6 is 11.6 Å². The fourth-order valence-corrected chi connectivity index (χ4v) is 1.44. The van der Waals surface area contributed by atoms with Crippen LogP contribution < -0.4 is 4.74 Å². The Bertz CT molecular complexity index is 350. The first-order valence-electron chi connectivity index (χ1n) is 4.54. The van der Waals surface area contributed by atoms with Crippen molar-refractivity contribution in [3.05, 3.63) is 28.8 Å². The Morgan fingerprint density at radius 3 is 2.67 bits per heavy atom. The third-order valence-corrected chi connectivity index (χ3v) is 2.30. The fraction of sp³-hybridized carbons (Fsp3) is 0.364. The predicted octanol–water partition coefficient (Wildman–Crippen LogP) is 2.57. The van der Waals surface area contributed by atoms with Crippen molar-refractivity contribution < 1.29 is 14.3 Å². The first kappa shape index (κ1) is 12.0. The van der Waals surface area contributed by atoms with Gasteiger partial charge in [-0.05, 0) is 18.2 Å². The summed E-state index contributed by atoms with van der Waals surface area (Å²) in [5.74, 6) is 0.585. The maximum atomic E-state index is 11.6. The van der Waals surface area contributed by atoms with Gasteiger partial charge < -0.3 is 9.47 Å². The summed E-state index contributed by atoms with van der Waals surface area (Å²) < 4.78 is 9.82. The molecular weight excluding hydrogens is 216 g/mol. The molecule has 0 N–H and O–H groups in total. The van der Waals surface area contributed by atoms with Gasteiger partial charge in [0.15, 0.2) is 5.78 Å². The third kappa shape index (κ3) is 3.22. The van der Waals surface area contributed by atoms with Crippen LogP contribution in [0.5, 0.6) is 5.75 Å². The lowest BCUT2D eigenvalue weighted by molar-refractivity contribution is 0.0932. The number of carbonyl (C=O) groups is 1. The third-order valence-electron chi connectivity index (χ3n) is 2.01. The molecule has 0 aromatic heterocycles. The maximum Gasteiger partial charge on any atom is 0.165 e. The lowest BCUT2D eigenvalue weighted by Crippen LogP contribution is -2.03. The largest absolute Gasteiger partial charge is 0.495 e. The Hall–Kier alpha value is -1.06. The number of Topliss-reactive ketones (excluding diaryl/α,β-unsaturated/α-hetero) is 1. The second-order valence-electron chi connectivity index (χ2n) is 3.02. The molecule has 0 amide bonds. The molecule has 1 rings (SSSR count). The first-order valence-corrected chi connectivity index (χ1v) is 4.92. The summed E-state index contributed by atoms with van der Waals surface area (Å²) >= 11 is 5.90. The van der Waals surface area contributed by atoms with Crippen LogP contribution in [-0.4, -0.2) is 26.6 Å². The SMILES string of the molecule is COCCC(=O)c1ccc(OC)c(Cl)c1. The van der Waals surface area contributed by atoms with Crippen LogP contribution in [-0.2, 0) is 4.74 Å². The standard InChI is InChI=1S/C11H13ClO3/c1-14-6-5-10(13)8-3-4-11(15-2)9(12)7-8/h3-4,7H,5-6H2,1-2H3. The highest BCUT2D eigenvalue weighted by Gasteiger charge is 2.08. The van der Waals surface area contributed by atoms with Crippen LogP contribution in [0.1, 0.15) is 16.8 Å². The molecule has 15 heavy (non-hydrogen) atoms. The molecule has 0 spiro atoms. The van der Waals surface area contributed by atoms with E-state index in [0.29, 0.717) is 29.4 Å². The van der Waals surface area contributed by atoms with Gasteiger partial charge in [0.2, 0.25) is 0 Å². The summed E-state index contributed by atoms with van der Waals surface area (Å²) in [5.41, 5.74) is 0.581. The van der Waals surface area contributed by atoms with Crippen LogP contribution in [0.15, 0.2) is 18.2 Å². The van der Waals surface area contributed by atoms with Crippen LogP contribution in [0.4, 0.5) is 0 Å². The summed E-state index contributed by atoms with van der Waals surface area (Å²) in [6, 6.07) is 4.99. The van der Waals surface area contributed by atoms with Crippen molar-refractivity contribution in [2.24, 2.45) is 0 Å². The minimum absolute atomic E-state index is 0.0152. The Balaban J connectivity index is 2.78. The maximum absolute atomic E-state index is 11.6. The van der Waals surface area contributed by atoms with E-state index in [1.165, 1.54) is 7.11 Å². The van der Waals surface area contributed by atoms with E-state index < -0.39 is 0 Å². The van der Waals surface area contributed by atoms with Gasteiger partial charge in [-0.2, -0.15) is 0 Å². The molecule has 0 saturated carbocycles. The molecule has 0 heterocycles. The Morgan fingerprint density at radius 2 is 2.13 bits per heavy atom. The summed E-state index contributed by atoms with van der Waals surface area (Å²) in [6.45, 7) is 0.419. The highest BCUT2D eigenvalue weighted by Crippen LogP contribution is 2.25. The van der Waals surface area contributed by atoms with Crippen molar-refractivity contribution in [2.75, 3.05) is 20.8 Å². The summed E-state index contributed by atoms with van der Waals surface area (Å²) in [4.78, 5) is 11.6. The smallest absolute Gasteiger partial charge is 0.165 e. The number of carbonyl (C=O) groups excluding carboxylic acids is 1. The number of ketones is 1.